The van der Waals surface area contributed by atoms with Crippen LogP contribution in [-0.4, -0.2) is 93.6 Å². The van der Waals surface area contributed by atoms with Gasteiger partial charge in [0.15, 0.2) is 0 Å². The van der Waals surface area contributed by atoms with Crippen LogP contribution in [0.3, 0.4) is 0 Å². The third-order valence-corrected chi connectivity index (χ3v) is 6.17. The van der Waals surface area contributed by atoms with Crippen molar-refractivity contribution in [1.82, 2.24) is 14.8 Å². The van der Waals surface area contributed by atoms with Crippen LogP contribution in [-0.2, 0) is 20.9 Å². The minimum atomic E-state index is -5.08. The predicted molar refractivity (Wildman–Crippen MR) is 124 cm³/mol. The minimum Gasteiger partial charge on any atom is -0.475 e. The first-order valence-electron chi connectivity index (χ1n) is 11.7. The third-order valence-electron chi connectivity index (χ3n) is 6.17. The van der Waals surface area contributed by atoms with Gasteiger partial charge in [-0.1, -0.05) is 0 Å². The molecule has 2 N–H and O–H groups in total. The first-order valence-corrected chi connectivity index (χ1v) is 11.7. The average Bonchev–Trinajstić information content (AvgIpc) is 3.55. The van der Waals surface area contributed by atoms with E-state index in [0.29, 0.717) is 11.6 Å². The lowest BCUT2D eigenvalue weighted by molar-refractivity contribution is -0.193. The molecule has 10 nitrogen and oxygen atoms in total. The summed E-state index contributed by atoms with van der Waals surface area (Å²) in [5.41, 5.74) is 0.622. The number of pyridine rings is 1. The number of carboxylic acid groups (broad SMARTS) is 2. The Kier molecular flexibility index (Phi) is 11.1. The zero-order valence-electron chi connectivity index (χ0n) is 21.1. The zero-order chi connectivity index (χ0) is 30.1. The number of amides is 1. The van der Waals surface area contributed by atoms with E-state index in [1.807, 2.05) is 17.0 Å². The van der Waals surface area contributed by atoms with Gasteiger partial charge in [0.1, 0.15) is 5.76 Å². The summed E-state index contributed by atoms with van der Waals surface area (Å²) in [6.07, 6.45) is -2.31. The molecule has 16 heteroatoms. The van der Waals surface area contributed by atoms with Crippen LogP contribution in [0.25, 0.3) is 0 Å². The lowest BCUT2D eigenvalue weighted by atomic mass is 9.87. The van der Waals surface area contributed by atoms with E-state index in [1.54, 1.807) is 30.8 Å². The maximum absolute atomic E-state index is 12.6. The normalized spacial score (nSPS) is 18.4. The van der Waals surface area contributed by atoms with Crippen LogP contribution in [0.4, 0.5) is 26.3 Å². The molecule has 0 bridgehead atoms. The number of rotatable bonds is 4. The lowest BCUT2D eigenvalue weighted by Crippen LogP contribution is -2.47. The number of furan rings is 1. The van der Waals surface area contributed by atoms with Crippen LogP contribution in [0.15, 0.2) is 47.3 Å². The second-order valence-electron chi connectivity index (χ2n) is 8.98. The molecule has 40 heavy (non-hydrogen) atoms. The molecule has 0 aliphatic carbocycles. The number of likely N-dealkylation sites (tertiary alicyclic amines) is 1. The lowest BCUT2D eigenvalue weighted by Gasteiger charge is -2.39. The second kappa shape index (κ2) is 13.6. The highest BCUT2D eigenvalue weighted by Crippen LogP contribution is 2.38. The van der Waals surface area contributed by atoms with Crippen molar-refractivity contribution in [1.29, 1.82) is 0 Å². The SMILES string of the molecule is CN(Cc1ccco1)C1COC2(CCN(C(=O)c3ccncc3)CC2)C1.O=C(O)C(F)(F)F.O=C(O)C(F)(F)F. The van der Waals surface area contributed by atoms with Crippen molar-refractivity contribution >= 4 is 17.8 Å². The summed E-state index contributed by atoms with van der Waals surface area (Å²) in [5, 5.41) is 14.2. The first kappa shape index (κ1) is 32.6. The maximum atomic E-state index is 12.6. The molecular weight excluding hydrogens is 556 g/mol. The number of carbonyl (C=O) groups excluding carboxylic acids is 1. The van der Waals surface area contributed by atoms with Gasteiger partial charge in [-0.05, 0) is 50.6 Å². The van der Waals surface area contributed by atoms with Crippen LogP contribution in [0, 0.1) is 0 Å². The number of hydrogen-bond donors (Lipinski definition) is 2. The molecule has 2 aliphatic heterocycles. The van der Waals surface area contributed by atoms with Gasteiger partial charge in [-0.25, -0.2) is 9.59 Å². The highest BCUT2D eigenvalue weighted by Gasteiger charge is 2.44. The van der Waals surface area contributed by atoms with Gasteiger partial charge in [0.25, 0.3) is 5.91 Å². The number of likely N-dealkylation sites (N-methyl/N-ethyl adjacent to an activating group) is 1. The number of alkyl halides is 6. The number of piperidine rings is 1. The van der Waals surface area contributed by atoms with Crippen molar-refractivity contribution in [3.8, 4) is 0 Å². The van der Waals surface area contributed by atoms with E-state index >= 15 is 0 Å². The highest BCUT2D eigenvalue weighted by molar-refractivity contribution is 5.94. The number of nitrogens with zero attached hydrogens (tertiary/aromatic N) is 3. The fourth-order valence-corrected chi connectivity index (χ4v) is 4.02. The summed E-state index contributed by atoms with van der Waals surface area (Å²) in [6.45, 7) is 3.03. The van der Waals surface area contributed by atoms with Crippen LogP contribution in [0.1, 0.15) is 35.4 Å². The van der Waals surface area contributed by atoms with Crippen LogP contribution in [0.2, 0.25) is 0 Å². The Morgan fingerprint density at radius 1 is 1.02 bits per heavy atom. The van der Waals surface area contributed by atoms with Gasteiger partial charge >= 0.3 is 24.3 Å². The van der Waals surface area contributed by atoms with E-state index in [1.165, 1.54) is 0 Å². The summed E-state index contributed by atoms with van der Waals surface area (Å²) >= 11 is 0. The Bertz CT molecular complexity index is 1080. The first-order chi connectivity index (χ1) is 18.5. The van der Waals surface area contributed by atoms with Crippen LogP contribution >= 0.6 is 0 Å². The van der Waals surface area contributed by atoms with Crippen LogP contribution < -0.4 is 0 Å². The van der Waals surface area contributed by atoms with Crippen molar-refractivity contribution in [2.24, 2.45) is 0 Å². The molecule has 2 saturated heterocycles. The molecule has 1 unspecified atom stereocenters. The van der Waals surface area contributed by atoms with Gasteiger partial charge in [-0.15, -0.1) is 0 Å². The molecule has 1 amide bonds. The summed E-state index contributed by atoms with van der Waals surface area (Å²) in [6, 6.07) is 7.87. The molecule has 4 heterocycles. The van der Waals surface area contributed by atoms with Gasteiger partial charge in [0.2, 0.25) is 0 Å². The molecule has 2 aromatic rings. The molecule has 0 aromatic carbocycles. The van der Waals surface area contributed by atoms with Crippen molar-refractivity contribution in [2.75, 3.05) is 26.7 Å². The maximum Gasteiger partial charge on any atom is 0.490 e. The van der Waals surface area contributed by atoms with Crippen molar-refractivity contribution in [2.45, 2.75) is 49.8 Å². The quantitative estimate of drug-likeness (QED) is 0.515. The Labute approximate surface area is 224 Å². The molecule has 222 valence electrons. The molecular formula is C24H27F6N3O7. The average molecular weight is 583 g/mol. The standard InChI is InChI=1S/C20H25N3O3.2C2HF3O2/c1-22(14-18-3-2-12-25-18)17-13-20(26-15-17)6-10-23(11-7-20)19(24)16-4-8-21-9-5-16;2*3-2(4,5)1(6)7/h2-5,8-9,12,17H,6-7,10-11,13-15H2,1H3;2*(H,6,7). The molecule has 2 aliphatic rings. The number of ether oxygens (including phenoxy) is 1. The highest BCUT2D eigenvalue weighted by atomic mass is 19.4. The summed E-state index contributed by atoms with van der Waals surface area (Å²) in [7, 11) is 2.12. The number of halogens is 6. The molecule has 1 spiro atoms. The van der Waals surface area contributed by atoms with Gasteiger partial charge in [-0.2, -0.15) is 26.3 Å². The molecule has 2 fully saturated rings. The Hall–Kier alpha value is -3.66. The number of aliphatic carboxylic acids is 2. The molecule has 2 aromatic heterocycles. The minimum absolute atomic E-state index is 0.0862. The van der Waals surface area contributed by atoms with E-state index in [0.717, 1.165) is 51.3 Å². The molecule has 1 atom stereocenters. The van der Waals surface area contributed by atoms with Gasteiger partial charge < -0.3 is 24.3 Å². The second-order valence-corrected chi connectivity index (χ2v) is 8.98. The van der Waals surface area contributed by atoms with E-state index in [-0.39, 0.29) is 11.5 Å². The largest absolute Gasteiger partial charge is 0.490 e. The molecule has 4 rings (SSSR count). The summed E-state index contributed by atoms with van der Waals surface area (Å²) < 4.78 is 75.2. The monoisotopic (exact) mass is 583 g/mol. The number of carboxylic acids is 2. The van der Waals surface area contributed by atoms with Crippen LogP contribution in [0.5, 0.6) is 0 Å². The van der Waals surface area contributed by atoms with Crippen molar-refractivity contribution in [3.63, 3.8) is 0 Å². The third kappa shape index (κ3) is 9.82. The number of aromatic nitrogens is 1. The topological polar surface area (TPSA) is 133 Å². The predicted octanol–water partition coefficient (Wildman–Crippen LogP) is 3.84. The van der Waals surface area contributed by atoms with Gasteiger partial charge in [0.05, 0.1) is 25.0 Å². The smallest absolute Gasteiger partial charge is 0.475 e. The summed E-state index contributed by atoms with van der Waals surface area (Å²) in [4.78, 5) is 38.6. The van der Waals surface area contributed by atoms with Crippen molar-refractivity contribution < 1.29 is 60.1 Å². The Balaban J connectivity index is 0.000000333. The van der Waals surface area contributed by atoms with E-state index in [2.05, 4.69) is 16.9 Å². The van der Waals surface area contributed by atoms with Gasteiger partial charge in [-0.3, -0.25) is 14.7 Å². The number of carbonyl (C=O) groups is 3. The fraction of sp³-hybridized carbons (Fsp3) is 0.500. The molecule has 0 radical (unpaired) electrons. The Morgan fingerprint density at radius 2 is 1.55 bits per heavy atom. The summed E-state index contributed by atoms with van der Waals surface area (Å²) in [5.74, 6) is -4.45. The van der Waals surface area contributed by atoms with E-state index in [9.17, 15) is 31.1 Å². The zero-order valence-corrected chi connectivity index (χ0v) is 21.1. The van der Waals surface area contributed by atoms with Crippen molar-refractivity contribution in [3.05, 3.63) is 54.2 Å². The Morgan fingerprint density at radius 3 is 2.00 bits per heavy atom. The van der Waals surface area contributed by atoms with E-state index < -0.39 is 24.3 Å². The molecule has 0 saturated carbocycles. The fourth-order valence-electron chi connectivity index (χ4n) is 4.02. The van der Waals surface area contributed by atoms with Gasteiger partial charge in [0, 0.05) is 37.1 Å². The number of hydrogen-bond acceptors (Lipinski definition) is 7. The van der Waals surface area contributed by atoms with E-state index in [4.69, 9.17) is 29.0 Å².